The SMILES string of the molecule is CCOCCC1(CNC(=NC)NCCS(=O)(=O)c2ccccc2)CCCC1.I. The van der Waals surface area contributed by atoms with Crippen LogP contribution in [0.2, 0.25) is 0 Å². The largest absolute Gasteiger partial charge is 0.382 e. The van der Waals surface area contributed by atoms with E-state index in [1.54, 1.807) is 31.3 Å². The summed E-state index contributed by atoms with van der Waals surface area (Å²) in [6, 6.07) is 8.55. The Morgan fingerprint density at radius 2 is 1.86 bits per heavy atom. The van der Waals surface area contributed by atoms with E-state index in [2.05, 4.69) is 15.6 Å². The molecule has 0 aliphatic heterocycles. The monoisotopic (exact) mass is 523 g/mol. The van der Waals surface area contributed by atoms with Crippen LogP contribution in [0.25, 0.3) is 0 Å². The van der Waals surface area contributed by atoms with E-state index in [0.29, 0.717) is 17.4 Å². The normalized spacial score (nSPS) is 16.4. The molecule has 2 rings (SSSR count). The third kappa shape index (κ3) is 7.87. The van der Waals surface area contributed by atoms with Gasteiger partial charge in [-0.1, -0.05) is 31.0 Å². The third-order valence-corrected chi connectivity index (χ3v) is 7.00. The first kappa shape index (κ1) is 25.2. The highest BCUT2D eigenvalue weighted by Gasteiger charge is 2.33. The second-order valence-electron chi connectivity index (χ2n) is 7.14. The Bertz CT molecular complexity index is 690. The second-order valence-corrected chi connectivity index (χ2v) is 9.25. The molecule has 0 amide bonds. The zero-order valence-corrected chi connectivity index (χ0v) is 20.1. The van der Waals surface area contributed by atoms with Crippen LogP contribution in [0, 0.1) is 5.41 Å². The summed E-state index contributed by atoms with van der Waals surface area (Å²) >= 11 is 0. The summed E-state index contributed by atoms with van der Waals surface area (Å²) in [6.45, 7) is 4.73. The lowest BCUT2D eigenvalue weighted by molar-refractivity contribution is 0.105. The van der Waals surface area contributed by atoms with E-state index in [1.807, 2.05) is 13.0 Å². The minimum Gasteiger partial charge on any atom is -0.382 e. The Kier molecular flexibility index (Phi) is 11.4. The van der Waals surface area contributed by atoms with Gasteiger partial charge in [0.25, 0.3) is 0 Å². The van der Waals surface area contributed by atoms with Crippen molar-refractivity contribution < 1.29 is 13.2 Å². The number of guanidine groups is 1. The summed E-state index contributed by atoms with van der Waals surface area (Å²) in [5.41, 5.74) is 0.253. The maximum absolute atomic E-state index is 12.4. The van der Waals surface area contributed by atoms with E-state index in [1.165, 1.54) is 25.7 Å². The molecule has 0 aromatic heterocycles. The minimum absolute atomic E-state index is 0. The van der Waals surface area contributed by atoms with Crippen LogP contribution in [0.5, 0.6) is 0 Å². The number of sulfone groups is 1. The zero-order valence-electron chi connectivity index (χ0n) is 16.9. The van der Waals surface area contributed by atoms with Gasteiger partial charge < -0.3 is 15.4 Å². The van der Waals surface area contributed by atoms with Crippen molar-refractivity contribution in [1.29, 1.82) is 0 Å². The molecule has 8 heteroatoms. The van der Waals surface area contributed by atoms with Crippen molar-refractivity contribution in [3.8, 4) is 0 Å². The molecule has 1 aliphatic carbocycles. The molecule has 1 aliphatic rings. The van der Waals surface area contributed by atoms with Crippen LogP contribution in [0.3, 0.4) is 0 Å². The van der Waals surface area contributed by atoms with Crippen molar-refractivity contribution in [3.63, 3.8) is 0 Å². The van der Waals surface area contributed by atoms with Crippen LogP contribution in [0.1, 0.15) is 39.0 Å². The molecule has 28 heavy (non-hydrogen) atoms. The average Bonchev–Trinajstić information content (AvgIpc) is 3.14. The maximum Gasteiger partial charge on any atom is 0.191 e. The lowest BCUT2D eigenvalue weighted by atomic mass is 9.83. The van der Waals surface area contributed by atoms with Crippen LogP contribution < -0.4 is 10.6 Å². The van der Waals surface area contributed by atoms with Gasteiger partial charge in [-0.25, -0.2) is 8.42 Å². The summed E-state index contributed by atoms with van der Waals surface area (Å²) in [7, 11) is -1.57. The number of nitrogens with one attached hydrogen (secondary N) is 2. The smallest absolute Gasteiger partial charge is 0.191 e. The Morgan fingerprint density at radius 3 is 2.46 bits per heavy atom. The van der Waals surface area contributed by atoms with Gasteiger partial charge in [0, 0.05) is 33.4 Å². The molecule has 1 aromatic carbocycles. The fourth-order valence-electron chi connectivity index (χ4n) is 3.61. The number of halogens is 1. The Balaban J connectivity index is 0.00000392. The topological polar surface area (TPSA) is 79.8 Å². The van der Waals surface area contributed by atoms with E-state index in [9.17, 15) is 8.42 Å². The van der Waals surface area contributed by atoms with Gasteiger partial charge in [0.1, 0.15) is 0 Å². The van der Waals surface area contributed by atoms with Crippen molar-refractivity contribution in [3.05, 3.63) is 30.3 Å². The summed E-state index contributed by atoms with van der Waals surface area (Å²) in [5, 5.41) is 6.53. The van der Waals surface area contributed by atoms with Crippen molar-refractivity contribution in [2.75, 3.05) is 39.1 Å². The van der Waals surface area contributed by atoms with E-state index in [-0.39, 0.29) is 35.1 Å². The number of nitrogens with zero attached hydrogens (tertiary/aromatic N) is 1. The lowest BCUT2D eigenvalue weighted by Crippen LogP contribution is -2.44. The molecule has 0 radical (unpaired) electrons. The molecule has 1 aromatic rings. The summed E-state index contributed by atoms with van der Waals surface area (Å²) in [4.78, 5) is 4.59. The highest BCUT2D eigenvalue weighted by atomic mass is 127. The molecule has 0 bridgehead atoms. The summed E-state index contributed by atoms with van der Waals surface area (Å²) in [5.74, 6) is 0.689. The van der Waals surface area contributed by atoms with Crippen LogP contribution in [0.4, 0.5) is 0 Å². The molecular formula is C20H34IN3O3S. The Labute approximate surface area is 186 Å². The Morgan fingerprint density at radius 1 is 1.18 bits per heavy atom. The average molecular weight is 523 g/mol. The number of ether oxygens (including phenoxy) is 1. The molecular weight excluding hydrogens is 489 g/mol. The molecule has 2 N–H and O–H groups in total. The van der Waals surface area contributed by atoms with E-state index in [4.69, 9.17) is 4.74 Å². The highest BCUT2D eigenvalue weighted by molar-refractivity contribution is 14.0. The molecule has 0 spiro atoms. The first-order valence-electron chi connectivity index (χ1n) is 9.81. The summed E-state index contributed by atoms with van der Waals surface area (Å²) < 4.78 is 30.3. The molecule has 0 unspecified atom stereocenters. The fourth-order valence-corrected chi connectivity index (χ4v) is 4.79. The predicted molar refractivity (Wildman–Crippen MR) is 125 cm³/mol. The van der Waals surface area contributed by atoms with Crippen LogP contribution >= 0.6 is 24.0 Å². The number of aliphatic imine (C=N–C) groups is 1. The van der Waals surface area contributed by atoms with Gasteiger partial charge >= 0.3 is 0 Å². The van der Waals surface area contributed by atoms with Gasteiger partial charge in [-0.05, 0) is 43.7 Å². The molecule has 0 atom stereocenters. The molecule has 0 heterocycles. The first-order valence-corrected chi connectivity index (χ1v) is 11.5. The van der Waals surface area contributed by atoms with Crippen LogP contribution in [0.15, 0.2) is 40.2 Å². The molecule has 6 nitrogen and oxygen atoms in total. The number of hydrogen-bond acceptors (Lipinski definition) is 4. The molecule has 160 valence electrons. The standard InChI is InChI=1S/C20H33N3O3S.HI/c1-3-26-15-13-20(11-7-8-12-20)17-23-19(21-2)22-14-16-27(24,25)18-9-5-4-6-10-18;/h4-6,9-10H,3,7-8,11-17H2,1-2H3,(H2,21,22,23);1H. The van der Waals surface area contributed by atoms with E-state index in [0.717, 1.165) is 26.2 Å². The minimum atomic E-state index is -3.28. The van der Waals surface area contributed by atoms with Crippen LogP contribution in [-0.2, 0) is 14.6 Å². The van der Waals surface area contributed by atoms with Gasteiger partial charge in [0.2, 0.25) is 0 Å². The lowest BCUT2D eigenvalue weighted by Gasteiger charge is -2.30. The number of rotatable bonds is 10. The van der Waals surface area contributed by atoms with Gasteiger partial charge in [0.05, 0.1) is 10.6 Å². The number of benzene rings is 1. The van der Waals surface area contributed by atoms with Crippen molar-refractivity contribution >= 4 is 39.8 Å². The van der Waals surface area contributed by atoms with Crippen molar-refractivity contribution in [2.24, 2.45) is 10.4 Å². The third-order valence-electron chi connectivity index (χ3n) is 5.27. The predicted octanol–water partition coefficient (Wildman–Crippen LogP) is 3.23. The van der Waals surface area contributed by atoms with Gasteiger partial charge in [-0.15, -0.1) is 24.0 Å². The van der Waals surface area contributed by atoms with E-state index < -0.39 is 9.84 Å². The molecule has 0 saturated heterocycles. The maximum atomic E-state index is 12.4. The molecule has 1 fully saturated rings. The van der Waals surface area contributed by atoms with Gasteiger partial charge in [-0.2, -0.15) is 0 Å². The van der Waals surface area contributed by atoms with Crippen molar-refractivity contribution in [1.82, 2.24) is 10.6 Å². The van der Waals surface area contributed by atoms with Gasteiger partial charge in [-0.3, -0.25) is 4.99 Å². The second kappa shape index (κ2) is 12.6. The van der Waals surface area contributed by atoms with Crippen molar-refractivity contribution in [2.45, 2.75) is 43.9 Å². The van der Waals surface area contributed by atoms with Crippen LogP contribution in [-0.4, -0.2) is 53.5 Å². The fraction of sp³-hybridized carbons (Fsp3) is 0.650. The summed E-state index contributed by atoms with van der Waals surface area (Å²) in [6.07, 6.45) is 5.97. The first-order chi connectivity index (χ1) is 13.0. The quantitative estimate of drug-likeness (QED) is 0.213. The zero-order chi connectivity index (χ0) is 19.6. The Hall–Kier alpha value is -0.870. The molecule has 1 saturated carbocycles. The highest BCUT2D eigenvalue weighted by Crippen LogP contribution is 2.40. The van der Waals surface area contributed by atoms with Gasteiger partial charge in [0.15, 0.2) is 15.8 Å². The number of hydrogen-bond donors (Lipinski definition) is 2. The van der Waals surface area contributed by atoms with E-state index >= 15 is 0 Å².